The molecule has 1 rings (SSSR count). The lowest BCUT2D eigenvalue weighted by Gasteiger charge is -2.12. The summed E-state index contributed by atoms with van der Waals surface area (Å²) in [6.45, 7) is 0. The topological polar surface area (TPSA) is 99.9 Å². The molecule has 0 aromatic heterocycles. The van der Waals surface area contributed by atoms with Gasteiger partial charge in [-0.2, -0.15) is 15.8 Å². The molecule has 1 aliphatic heterocycles. The Bertz CT molecular complexity index is 534. The van der Waals surface area contributed by atoms with Gasteiger partial charge in [0.2, 0.25) is 0 Å². The van der Waals surface area contributed by atoms with E-state index in [1.54, 1.807) is 24.1 Å². The van der Waals surface area contributed by atoms with Crippen molar-refractivity contribution in [1.82, 2.24) is 4.90 Å². The second kappa shape index (κ2) is 4.93. The molecule has 1 aliphatic rings. The van der Waals surface area contributed by atoms with Crippen LogP contribution >= 0.6 is 0 Å². The summed E-state index contributed by atoms with van der Waals surface area (Å²) in [6.07, 6.45) is 5.65. The third kappa shape index (κ3) is 2.02. The first-order valence-electron chi connectivity index (χ1n) is 4.04. The molecule has 6 nitrogen and oxygen atoms in total. The van der Waals surface area contributed by atoms with Crippen LogP contribution in [-0.4, -0.2) is 21.1 Å². The van der Waals surface area contributed by atoms with Gasteiger partial charge in [-0.15, -0.1) is 4.58 Å². The van der Waals surface area contributed by atoms with Gasteiger partial charge < -0.3 is 5.41 Å². The third-order valence-electron chi connectivity index (χ3n) is 1.72. The molecule has 0 atom stereocenters. The Morgan fingerprint density at radius 2 is 1.62 bits per heavy atom. The largest absolute Gasteiger partial charge is 0.761 e. The minimum Gasteiger partial charge on any atom is -0.761 e. The van der Waals surface area contributed by atoms with E-state index in [4.69, 9.17) is 21.2 Å². The van der Waals surface area contributed by atoms with E-state index in [-0.39, 0.29) is 11.4 Å². The molecule has 0 aliphatic carbocycles. The summed E-state index contributed by atoms with van der Waals surface area (Å²) in [5, 5.41) is 34.4. The van der Waals surface area contributed by atoms with Gasteiger partial charge in [0.05, 0.1) is 12.4 Å². The van der Waals surface area contributed by atoms with Gasteiger partial charge in [0.15, 0.2) is 24.5 Å². The van der Waals surface area contributed by atoms with E-state index in [9.17, 15) is 0 Å². The predicted molar refractivity (Wildman–Crippen MR) is 54.1 cm³/mol. The van der Waals surface area contributed by atoms with Crippen LogP contribution in [0.15, 0.2) is 30.5 Å². The second-order valence-corrected chi connectivity index (χ2v) is 2.56. The fourth-order valence-electron chi connectivity index (χ4n) is 0.966. The Morgan fingerprint density at radius 3 is 2.00 bits per heavy atom. The average molecular weight is 208 g/mol. The second-order valence-electron chi connectivity index (χ2n) is 2.56. The SMILES string of the molecule is N#CC(=C=[N-])N1C=C[N+](=C(C#N)C#N)C=C1. The summed E-state index contributed by atoms with van der Waals surface area (Å²) in [7, 11) is 0. The molecule has 0 unspecified atom stereocenters. The Labute approximate surface area is 91.7 Å². The van der Waals surface area contributed by atoms with Gasteiger partial charge in [-0.3, -0.25) is 4.90 Å². The van der Waals surface area contributed by atoms with E-state index in [0.29, 0.717) is 0 Å². The van der Waals surface area contributed by atoms with Crippen LogP contribution in [0.4, 0.5) is 0 Å². The zero-order chi connectivity index (χ0) is 12.0. The smallest absolute Gasteiger partial charge is 0.367 e. The van der Waals surface area contributed by atoms with E-state index in [1.807, 2.05) is 0 Å². The molecule has 0 saturated carbocycles. The maximum atomic E-state index is 8.60. The molecule has 0 spiro atoms. The van der Waals surface area contributed by atoms with Crippen molar-refractivity contribution in [1.29, 1.82) is 15.8 Å². The molecule has 0 amide bonds. The standard InChI is InChI=1S/C10H4N6/c11-5-9(6-12)15-1-2-16(4-3-15)10(7-13)8-14/h1-4H. The van der Waals surface area contributed by atoms with Crippen molar-refractivity contribution >= 4 is 11.6 Å². The monoisotopic (exact) mass is 208 g/mol. The molecule has 6 heteroatoms. The lowest BCUT2D eigenvalue weighted by Crippen LogP contribution is -2.17. The Hall–Kier alpha value is -3.13. The summed E-state index contributed by atoms with van der Waals surface area (Å²) >= 11 is 0. The maximum absolute atomic E-state index is 8.60. The normalized spacial score (nSPS) is 12.1. The lowest BCUT2D eigenvalue weighted by molar-refractivity contribution is -0.379. The molecular weight excluding hydrogens is 204 g/mol. The number of allylic oxidation sites excluding steroid dienone is 1. The summed E-state index contributed by atoms with van der Waals surface area (Å²) in [5.74, 6) is 1.72. The molecule has 0 aromatic carbocycles. The van der Waals surface area contributed by atoms with Gasteiger partial charge in [-0.25, -0.2) is 5.87 Å². The minimum absolute atomic E-state index is 0.0948. The van der Waals surface area contributed by atoms with Crippen molar-refractivity contribution in [2.45, 2.75) is 0 Å². The van der Waals surface area contributed by atoms with E-state index in [0.717, 1.165) is 0 Å². The average Bonchev–Trinajstić information content (AvgIpc) is 2.34. The van der Waals surface area contributed by atoms with Gasteiger partial charge in [0.1, 0.15) is 11.8 Å². The zero-order valence-electron chi connectivity index (χ0n) is 7.99. The molecule has 0 N–H and O–H groups in total. The van der Waals surface area contributed by atoms with Crippen molar-refractivity contribution in [2.24, 2.45) is 0 Å². The first-order chi connectivity index (χ1) is 7.76. The summed E-state index contributed by atoms with van der Waals surface area (Å²) in [5.41, 5.74) is -0.190. The lowest BCUT2D eigenvalue weighted by atomic mass is 10.4. The van der Waals surface area contributed by atoms with Crippen LogP contribution in [0, 0.1) is 34.0 Å². The molecule has 74 valence electrons. The molecule has 0 saturated heterocycles. The van der Waals surface area contributed by atoms with Crippen LogP contribution in [-0.2, 0) is 0 Å². The van der Waals surface area contributed by atoms with Gasteiger partial charge >= 0.3 is 5.71 Å². The highest BCUT2D eigenvalue weighted by Crippen LogP contribution is 2.06. The molecule has 0 bridgehead atoms. The summed E-state index contributed by atoms with van der Waals surface area (Å²) < 4.78 is 1.29. The van der Waals surface area contributed by atoms with Crippen molar-refractivity contribution in [2.75, 3.05) is 0 Å². The Kier molecular flexibility index (Phi) is 3.37. The highest BCUT2D eigenvalue weighted by Gasteiger charge is 2.14. The van der Waals surface area contributed by atoms with Crippen LogP contribution < -0.4 is 0 Å². The van der Waals surface area contributed by atoms with E-state index >= 15 is 0 Å². The molecular formula is C10H4N6. The fourth-order valence-corrected chi connectivity index (χ4v) is 0.966. The van der Waals surface area contributed by atoms with Crippen LogP contribution in [0.2, 0.25) is 0 Å². The van der Waals surface area contributed by atoms with Crippen molar-refractivity contribution in [3.8, 4) is 18.2 Å². The highest BCUT2D eigenvalue weighted by molar-refractivity contribution is 6.06. The Balaban J connectivity index is 3.06. The van der Waals surface area contributed by atoms with Crippen molar-refractivity contribution in [3.05, 3.63) is 35.9 Å². The third-order valence-corrected chi connectivity index (χ3v) is 1.72. The van der Waals surface area contributed by atoms with Crippen LogP contribution in [0.1, 0.15) is 0 Å². The van der Waals surface area contributed by atoms with Crippen LogP contribution in [0.5, 0.6) is 0 Å². The molecule has 0 aromatic rings. The molecule has 16 heavy (non-hydrogen) atoms. The number of hydrogen-bond donors (Lipinski definition) is 0. The predicted octanol–water partition coefficient (Wildman–Crippen LogP) is 0.392. The minimum atomic E-state index is -0.0948. The quantitative estimate of drug-likeness (QED) is 0.353. The maximum Gasteiger partial charge on any atom is 0.367 e. The first kappa shape index (κ1) is 10.9. The molecule has 0 radical (unpaired) electrons. The fraction of sp³-hybridized carbons (Fsp3) is 0. The van der Waals surface area contributed by atoms with E-state index in [2.05, 4.69) is 0 Å². The number of nitriles is 3. The zero-order valence-corrected chi connectivity index (χ0v) is 7.99. The van der Waals surface area contributed by atoms with Gasteiger partial charge in [-0.1, -0.05) is 0 Å². The number of hydrogen-bond acceptors (Lipinski definition) is 4. The van der Waals surface area contributed by atoms with Crippen molar-refractivity contribution < 1.29 is 4.58 Å². The number of rotatable bonds is 1. The van der Waals surface area contributed by atoms with E-state index < -0.39 is 0 Å². The summed E-state index contributed by atoms with van der Waals surface area (Å²) in [6, 6.07) is 5.15. The van der Waals surface area contributed by atoms with Gasteiger partial charge in [0, 0.05) is 0 Å². The van der Waals surface area contributed by atoms with Crippen LogP contribution in [0.25, 0.3) is 5.41 Å². The Morgan fingerprint density at radius 1 is 1.06 bits per heavy atom. The van der Waals surface area contributed by atoms with Gasteiger partial charge in [0.25, 0.3) is 0 Å². The number of nitrogens with zero attached hydrogens (tertiary/aromatic N) is 6. The molecule has 0 fully saturated rings. The van der Waals surface area contributed by atoms with Gasteiger partial charge in [-0.05, 0) is 0 Å². The molecule has 1 heterocycles. The first-order valence-corrected chi connectivity index (χ1v) is 4.04. The summed E-state index contributed by atoms with van der Waals surface area (Å²) in [4.78, 5) is 1.29. The van der Waals surface area contributed by atoms with Crippen LogP contribution in [0.3, 0.4) is 0 Å². The highest BCUT2D eigenvalue weighted by atomic mass is 15.2. The van der Waals surface area contributed by atoms with Crippen molar-refractivity contribution in [3.63, 3.8) is 0 Å². The van der Waals surface area contributed by atoms with E-state index in [1.165, 1.54) is 34.3 Å².